The Morgan fingerprint density at radius 1 is 1.52 bits per heavy atom. The highest BCUT2D eigenvalue weighted by Gasteiger charge is 2.30. The van der Waals surface area contributed by atoms with Crippen molar-refractivity contribution in [2.45, 2.75) is 51.8 Å². The van der Waals surface area contributed by atoms with Crippen LogP contribution in [0.25, 0.3) is 0 Å². The first-order valence-electron chi connectivity index (χ1n) is 8.33. The minimum Gasteiger partial charge on any atom is -0.393 e. The van der Waals surface area contributed by atoms with Crippen molar-refractivity contribution in [1.82, 2.24) is 10.2 Å². The number of ether oxygens (including phenoxy) is 1. The molecule has 1 aromatic heterocycles. The zero-order chi connectivity index (χ0) is 16.8. The van der Waals surface area contributed by atoms with Crippen LogP contribution in [0.1, 0.15) is 44.5 Å². The Morgan fingerprint density at radius 2 is 2.30 bits per heavy atom. The lowest BCUT2D eigenvalue weighted by molar-refractivity contribution is -0.00492. The Bertz CT molecular complexity index is 476. The van der Waals surface area contributed by atoms with Gasteiger partial charge in [0.05, 0.1) is 31.4 Å². The molecule has 130 valence electrons. The quantitative estimate of drug-likeness (QED) is 0.837. The molecule has 2 amide bonds. The second-order valence-corrected chi connectivity index (χ2v) is 7.63. The maximum absolute atomic E-state index is 12.8. The van der Waals surface area contributed by atoms with Crippen LogP contribution in [0.3, 0.4) is 0 Å². The van der Waals surface area contributed by atoms with E-state index in [0.717, 1.165) is 6.42 Å². The second-order valence-electron chi connectivity index (χ2n) is 6.65. The number of morpholine rings is 1. The summed E-state index contributed by atoms with van der Waals surface area (Å²) in [7, 11) is 0. The lowest BCUT2D eigenvalue weighted by atomic mass is 10.0. The Morgan fingerprint density at radius 3 is 2.91 bits per heavy atom. The van der Waals surface area contributed by atoms with Crippen molar-refractivity contribution in [3.63, 3.8) is 0 Å². The van der Waals surface area contributed by atoms with E-state index in [2.05, 4.69) is 25.2 Å². The number of hydrogen-bond donors (Lipinski definition) is 2. The summed E-state index contributed by atoms with van der Waals surface area (Å²) >= 11 is 1.68. The lowest BCUT2D eigenvalue weighted by Gasteiger charge is -2.37. The van der Waals surface area contributed by atoms with Crippen LogP contribution in [0.2, 0.25) is 0 Å². The number of hydrogen-bond acceptors (Lipinski definition) is 4. The molecule has 1 aromatic rings. The molecule has 1 aliphatic heterocycles. The van der Waals surface area contributed by atoms with Gasteiger partial charge in [0.1, 0.15) is 0 Å². The number of aliphatic hydroxyl groups excluding tert-OH is 1. The van der Waals surface area contributed by atoms with Gasteiger partial charge in [0.2, 0.25) is 0 Å². The summed E-state index contributed by atoms with van der Waals surface area (Å²) in [4.78, 5) is 15.8. The Kier molecular flexibility index (Phi) is 6.87. The highest BCUT2D eigenvalue weighted by atomic mass is 32.1. The van der Waals surface area contributed by atoms with Gasteiger partial charge in [-0.25, -0.2) is 4.79 Å². The van der Waals surface area contributed by atoms with Gasteiger partial charge in [0, 0.05) is 11.4 Å². The average molecular weight is 340 g/mol. The molecule has 23 heavy (non-hydrogen) atoms. The van der Waals surface area contributed by atoms with Gasteiger partial charge in [-0.2, -0.15) is 0 Å². The smallest absolute Gasteiger partial charge is 0.318 e. The van der Waals surface area contributed by atoms with E-state index in [4.69, 9.17) is 4.74 Å². The average Bonchev–Trinajstić information content (AvgIpc) is 3.00. The molecule has 5 nitrogen and oxygen atoms in total. The molecule has 2 N–H and O–H groups in total. The standard InChI is InChI=1S/C17H28N2O3S/c1-12(2)9-15(16-5-4-8-23-16)18-17(21)19-6-7-22-11-14(19)10-13(3)20/h4-5,8,12-15,20H,6-7,9-11H2,1-3H3,(H,18,21)/t13-,14+,15-/m0/s1. The van der Waals surface area contributed by atoms with E-state index in [-0.39, 0.29) is 18.1 Å². The van der Waals surface area contributed by atoms with Crippen molar-refractivity contribution in [3.05, 3.63) is 22.4 Å². The fourth-order valence-electron chi connectivity index (χ4n) is 2.95. The van der Waals surface area contributed by atoms with E-state index >= 15 is 0 Å². The Balaban J connectivity index is 2.04. The number of nitrogens with zero attached hydrogens (tertiary/aromatic N) is 1. The molecule has 0 unspecified atom stereocenters. The van der Waals surface area contributed by atoms with E-state index in [1.807, 2.05) is 16.3 Å². The molecular weight excluding hydrogens is 312 g/mol. The summed E-state index contributed by atoms with van der Waals surface area (Å²) in [6.45, 7) is 7.69. The van der Waals surface area contributed by atoms with Gasteiger partial charge >= 0.3 is 6.03 Å². The SMILES string of the molecule is CC(C)C[C@H](NC(=O)N1CCOC[C@H]1C[C@H](C)O)c1cccs1. The van der Waals surface area contributed by atoms with E-state index < -0.39 is 6.10 Å². The predicted octanol–water partition coefficient (Wildman–Crippen LogP) is 3.02. The number of aliphatic hydroxyl groups is 1. The van der Waals surface area contributed by atoms with E-state index in [9.17, 15) is 9.90 Å². The fraction of sp³-hybridized carbons (Fsp3) is 0.706. The van der Waals surface area contributed by atoms with Crippen LogP contribution >= 0.6 is 11.3 Å². The molecule has 0 bridgehead atoms. The molecule has 1 aliphatic rings. The van der Waals surface area contributed by atoms with Gasteiger partial charge in [0.25, 0.3) is 0 Å². The molecular formula is C17H28N2O3S. The van der Waals surface area contributed by atoms with Gasteiger partial charge in [-0.3, -0.25) is 0 Å². The predicted molar refractivity (Wildman–Crippen MR) is 92.7 cm³/mol. The van der Waals surface area contributed by atoms with E-state index in [1.165, 1.54) is 4.88 Å². The summed E-state index contributed by atoms with van der Waals surface area (Å²) in [5.41, 5.74) is 0. The van der Waals surface area contributed by atoms with Crippen molar-refractivity contribution in [3.8, 4) is 0 Å². The van der Waals surface area contributed by atoms with E-state index in [1.54, 1.807) is 18.3 Å². The van der Waals surface area contributed by atoms with Crippen LogP contribution in [0.4, 0.5) is 4.79 Å². The number of carbonyl (C=O) groups is 1. The number of nitrogens with one attached hydrogen (secondary N) is 1. The monoisotopic (exact) mass is 340 g/mol. The topological polar surface area (TPSA) is 61.8 Å². The molecule has 0 radical (unpaired) electrons. The highest BCUT2D eigenvalue weighted by Crippen LogP contribution is 2.26. The largest absolute Gasteiger partial charge is 0.393 e. The van der Waals surface area contributed by atoms with Crippen LogP contribution < -0.4 is 5.32 Å². The number of urea groups is 1. The van der Waals surface area contributed by atoms with Crippen molar-refractivity contribution in [2.24, 2.45) is 5.92 Å². The van der Waals surface area contributed by atoms with Gasteiger partial charge in [-0.15, -0.1) is 11.3 Å². The molecule has 2 heterocycles. The number of rotatable bonds is 6. The molecule has 1 fully saturated rings. The van der Waals surface area contributed by atoms with Crippen LogP contribution in [0, 0.1) is 5.92 Å². The first-order valence-corrected chi connectivity index (χ1v) is 9.21. The van der Waals surface area contributed by atoms with Gasteiger partial charge in [-0.1, -0.05) is 19.9 Å². The zero-order valence-electron chi connectivity index (χ0n) is 14.2. The minimum atomic E-state index is -0.444. The first-order chi connectivity index (χ1) is 11.0. The van der Waals surface area contributed by atoms with E-state index in [0.29, 0.717) is 32.1 Å². The molecule has 0 aromatic carbocycles. The summed E-state index contributed by atoms with van der Waals surface area (Å²) in [5.74, 6) is 0.500. The number of thiophene rings is 1. The maximum atomic E-state index is 12.8. The van der Waals surface area contributed by atoms with Crippen LogP contribution in [-0.4, -0.2) is 47.9 Å². The highest BCUT2D eigenvalue weighted by molar-refractivity contribution is 7.10. The third-order valence-corrected chi connectivity index (χ3v) is 4.98. The van der Waals surface area contributed by atoms with Crippen LogP contribution in [0.5, 0.6) is 0 Å². The summed E-state index contributed by atoms with van der Waals surface area (Å²) in [5, 5.41) is 14.9. The normalized spacial score (nSPS) is 21.3. The number of carbonyl (C=O) groups excluding carboxylic acids is 1. The van der Waals surface area contributed by atoms with Gasteiger partial charge in [-0.05, 0) is 37.1 Å². The molecule has 6 heteroatoms. The van der Waals surface area contributed by atoms with Gasteiger partial charge < -0.3 is 20.1 Å². The summed E-state index contributed by atoms with van der Waals surface area (Å²) < 4.78 is 5.47. The lowest BCUT2D eigenvalue weighted by Crippen LogP contribution is -2.53. The zero-order valence-corrected chi connectivity index (χ0v) is 15.0. The molecule has 3 atom stereocenters. The molecule has 0 aliphatic carbocycles. The maximum Gasteiger partial charge on any atom is 0.318 e. The second kappa shape index (κ2) is 8.66. The molecule has 0 spiro atoms. The van der Waals surface area contributed by atoms with Crippen LogP contribution in [-0.2, 0) is 4.74 Å². The van der Waals surface area contributed by atoms with Crippen molar-refractivity contribution < 1.29 is 14.6 Å². The molecule has 0 saturated carbocycles. The Labute approximate surface area is 142 Å². The summed E-state index contributed by atoms with van der Waals surface area (Å²) in [6, 6.07) is 4.01. The minimum absolute atomic E-state index is 0.0394. The fourth-order valence-corrected chi connectivity index (χ4v) is 3.74. The summed E-state index contributed by atoms with van der Waals surface area (Å²) in [6.07, 6.45) is 1.01. The first kappa shape index (κ1) is 18.2. The van der Waals surface area contributed by atoms with Gasteiger partial charge in [0.15, 0.2) is 0 Å². The third-order valence-electron chi connectivity index (χ3n) is 3.99. The van der Waals surface area contributed by atoms with Crippen molar-refractivity contribution in [1.29, 1.82) is 0 Å². The number of amides is 2. The Hall–Kier alpha value is -1.11. The molecule has 1 saturated heterocycles. The van der Waals surface area contributed by atoms with Crippen molar-refractivity contribution >= 4 is 17.4 Å². The van der Waals surface area contributed by atoms with Crippen molar-refractivity contribution in [2.75, 3.05) is 19.8 Å². The third kappa shape index (κ3) is 5.48. The molecule has 2 rings (SSSR count). The van der Waals surface area contributed by atoms with Crippen LogP contribution in [0.15, 0.2) is 17.5 Å².